The summed E-state index contributed by atoms with van der Waals surface area (Å²) in [6, 6.07) is 0. The van der Waals surface area contributed by atoms with Crippen LogP contribution in [0.2, 0.25) is 0 Å². The smallest absolute Gasteiger partial charge is 0.246 e. The first-order valence-electron chi connectivity index (χ1n) is 7.10. The Bertz CT molecular complexity index is 583. The van der Waals surface area contributed by atoms with E-state index in [1.165, 1.54) is 0 Å². The molecule has 2 aliphatic heterocycles. The number of aldehydes is 1. The van der Waals surface area contributed by atoms with Crippen LogP contribution >= 0.6 is 0 Å². The van der Waals surface area contributed by atoms with Crippen LogP contribution in [0, 0.1) is 0 Å². The van der Waals surface area contributed by atoms with Gasteiger partial charge in [-0.15, -0.1) is 0 Å². The maximum atomic E-state index is 11.6. The molecule has 3 rings (SSSR count). The van der Waals surface area contributed by atoms with E-state index in [9.17, 15) is 4.79 Å². The van der Waals surface area contributed by atoms with Crippen molar-refractivity contribution in [1.82, 2.24) is 0 Å². The standard InChI is InChI=1S/C16H20O5/c1-8(2)10-13-11(18-15(3,4)20-13)9(7-17)12-14(10)21-16(5,6)19-12/h7-8H,1-6H3. The number of carbonyl (C=O) groups excluding carboxylic acids is 1. The topological polar surface area (TPSA) is 54.0 Å². The Labute approximate surface area is 124 Å². The van der Waals surface area contributed by atoms with Gasteiger partial charge >= 0.3 is 0 Å². The van der Waals surface area contributed by atoms with Gasteiger partial charge in [0, 0.05) is 33.3 Å². The number of fused-ring (bicyclic) bond motifs is 2. The molecule has 1 aromatic rings. The third-order valence-corrected chi connectivity index (χ3v) is 3.48. The third kappa shape index (κ3) is 2.03. The summed E-state index contributed by atoms with van der Waals surface area (Å²) in [5.41, 5.74) is 1.22. The predicted octanol–water partition coefficient (Wildman–Crippen LogP) is 3.64. The fraction of sp³-hybridized carbons (Fsp3) is 0.562. The lowest BCUT2D eigenvalue weighted by atomic mass is 9.97. The Morgan fingerprint density at radius 2 is 1.19 bits per heavy atom. The van der Waals surface area contributed by atoms with Crippen molar-refractivity contribution >= 4 is 6.29 Å². The molecule has 0 saturated heterocycles. The van der Waals surface area contributed by atoms with E-state index in [1.807, 2.05) is 41.5 Å². The first-order valence-corrected chi connectivity index (χ1v) is 7.10. The molecule has 0 atom stereocenters. The molecule has 0 amide bonds. The van der Waals surface area contributed by atoms with Crippen LogP contribution in [0.25, 0.3) is 0 Å². The molecule has 0 saturated carbocycles. The van der Waals surface area contributed by atoms with E-state index in [2.05, 4.69) is 0 Å². The van der Waals surface area contributed by atoms with Gasteiger partial charge in [0.2, 0.25) is 11.6 Å². The molecular formula is C16H20O5. The summed E-state index contributed by atoms with van der Waals surface area (Å²) in [6.45, 7) is 11.3. The molecule has 0 aromatic heterocycles. The molecular weight excluding hydrogens is 272 g/mol. The number of ether oxygens (including phenoxy) is 4. The maximum absolute atomic E-state index is 11.6. The van der Waals surface area contributed by atoms with Gasteiger partial charge in [-0.3, -0.25) is 4.79 Å². The molecule has 0 unspecified atom stereocenters. The molecule has 21 heavy (non-hydrogen) atoms. The van der Waals surface area contributed by atoms with Crippen molar-refractivity contribution in [3.63, 3.8) is 0 Å². The normalized spacial score (nSPS) is 20.0. The van der Waals surface area contributed by atoms with Crippen LogP contribution in [0.15, 0.2) is 0 Å². The lowest BCUT2D eigenvalue weighted by Gasteiger charge is -2.19. The molecule has 5 nitrogen and oxygen atoms in total. The van der Waals surface area contributed by atoms with Gasteiger partial charge in [-0.1, -0.05) is 13.8 Å². The zero-order chi connectivity index (χ0) is 15.6. The highest BCUT2D eigenvalue weighted by molar-refractivity contribution is 5.90. The molecule has 0 spiro atoms. The van der Waals surface area contributed by atoms with Gasteiger partial charge in [0.1, 0.15) is 5.56 Å². The highest BCUT2D eigenvalue weighted by atomic mass is 16.7. The van der Waals surface area contributed by atoms with Crippen molar-refractivity contribution in [2.24, 2.45) is 0 Å². The van der Waals surface area contributed by atoms with Crippen LogP contribution in [0.5, 0.6) is 23.0 Å². The van der Waals surface area contributed by atoms with E-state index in [4.69, 9.17) is 18.9 Å². The Morgan fingerprint density at radius 1 is 0.810 bits per heavy atom. The molecule has 2 heterocycles. The van der Waals surface area contributed by atoms with Gasteiger partial charge in [-0.25, -0.2) is 0 Å². The summed E-state index contributed by atoms with van der Waals surface area (Å²) >= 11 is 0. The van der Waals surface area contributed by atoms with Crippen LogP contribution in [0.1, 0.15) is 63.4 Å². The molecule has 5 heteroatoms. The molecule has 0 bridgehead atoms. The lowest BCUT2D eigenvalue weighted by molar-refractivity contribution is -0.0491. The minimum atomic E-state index is -0.811. The van der Waals surface area contributed by atoms with Gasteiger partial charge in [0.15, 0.2) is 29.3 Å². The summed E-state index contributed by atoms with van der Waals surface area (Å²) in [6.07, 6.45) is 0.733. The van der Waals surface area contributed by atoms with E-state index < -0.39 is 11.6 Å². The molecule has 1 aromatic carbocycles. The van der Waals surface area contributed by atoms with Gasteiger partial charge in [0.25, 0.3) is 0 Å². The summed E-state index contributed by atoms with van der Waals surface area (Å²) < 4.78 is 23.4. The summed E-state index contributed by atoms with van der Waals surface area (Å²) in [5, 5.41) is 0. The molecule has 114 valence electrons. The average Bonchev–Trinajstić information content (AvgIpc) is 2.78. The van der Waals surface area contributed by atoms with Gasteiger partial charge in [-0.2, -0.15) is 0 Å². The zero-order valence-electron chi connectivity index (χ0n) is 13.2. The summed E-state index contributed by atoms with van der Waals surface area (Å²) in [7, 11) is 0. The van der Waals surface area contributed by atoms with Gasteiger partial charge in [0.05, 0.1) is 0 Å². The monoisotopic (exact) mass is 292 g/mol. The van der Waals surface area contributed by atoms with Crippen LogP contribution in [0.3, 0.4) is 0 Å². The second-order valence-electron chi connectivity index (χ2n) is 6.62. The Morgan fingerprint density at radius 3 is 1.52 bits per heavy atom. The number of rotatable bonds is 2. The molecule has 0 N–H and O–H groups in total. The van der Waals surface area contributed by atoms with Crippen molar-refractivity contribution in [1.29, 1.82) is 0 Å². The number of hydrogen-bond donors (Lipinski definition) is 0. The molecule has 2 aliphatic rings. The minimum absolute atomic E-state index is 0.142. The molecule has 0 fully saturated rings. The van der Waals surface area contributed by atoms with E-state index in [0.29, 0.717) is 28.6 Å². The lowest BCUT2D eigenvalue weighted by Crippen LogP contribution is -2.31. The van der Waals surface area contributed by atoms with Crippen molar-refractivity contribution in [3.05, 3.63) is 11.1 Å². The van der Waals surface area contributed by atoms with Crippen molar-refractivity contribution in [3.8, 4) is 23.0 Å². The Balaban J connectivity index is 2.31. The quantitative estimate of drug-likeness (QED) is 0.779. The fourth-order valence-electron chi connectivity index (χ4n) is 2.76. The predicted molar refractivity (Wildman–Crippen MR) is 76.6 cm³/mol. The van der Waals surface area contributed by atoms with Crippen LogP contribution in [-0.4, -0.2) is 17.9 Å². The average molecular weight is 292 g/mol. The highest BCUT2D eigenvalue weighted by Gasteiger charge is 2.45. The van der Waals surface area contributed by atoms with E-state index in [-0.39, 0.29) is 5.92 Å². The van der Waals surface area contributed by atoms with Crippen molar-refractivity contribution in [2.75, 3.05) is 0 Å². The number of carbonyl (C=O) groups is 1. The van der Waals surface area contributed by atoms with Crippen molar-refractivity contribution in [2.45, 2.75) is 59.0 Å². The fourth-order valence-corrected chi connectivity index (χ4v) is 2.76. The second-order valence-corrected chi connectivity index (χ2v) is 6.62. The summed E-state index contributed by atoms with van der Waals surface area (Å²) in [4.78, 5) is 11.6. The first-order chi connectivity index (χ1) is 9.65. The maximum Gasteiger partial charge on any atom is 0.246 e. The number of hydrogen-bond acceptors (Lipinski definition) is 5. The summed E-state index contributed by atoms with van der Waals surface area (Å²) in [5.74, 6) is 0.567. The van der Waals surface area contributed by atoms with Gasteiger partial charge < -0.3 is 18.9 Å². The van der Waals surface area contributed by atoms with Crippen LogP contribution in [0.4, 0.5) is 0 Å². The second kappa shape index (κ2) is 4.06. The third-order valence-electron chi connectivity index (χ3n) is 3.48. The van der Waals surface area contributed by atoms with Crippen molar-refractivity contribution < 1.29 is 23.7 Å². The minimum Gasteiger partial charge on any atom is -0.449 e. The van der Waals surface area contributed by atoms with Crippen LogP contribution < -0.4 is 18.9 Å². The van der Waals surface area contributed by atoms with E-state index >= 15 is 0 Å². The van der Waals surface area contributed by atoms with Gasteiger partial charge in [-0.05, 0) is 5.92 Å². The van der Waals surface area contributed by atoms with E-state index in [1.54, 1.807) is 0 Å². The van der Waals surface area contributed by atoms with Crippen LogP contribution in [-0.2, 0) is 0 Å². The SMILES string of the molecule is CC(C)c1c2c(c(C=O)c3c1OC(C)(C)O3)OC(C)(C)O2. The molecule has 0 radical (unpaired) electrons. The molecule has 0 aliphatic carbocycles. The van der Waals surface area contributed by atoms with E-state index in [0.717, 1.165) is 11.8 Å². The Kier molecular flexibility index (Phi) is 2.71. The highest BCUT2D eigenvalue weighted by Crippen LogP contribution is 2.58. The largest absolute Gasteiger partial charge is 0.449 e. The Hall–Kier alpha value is -1.91. The zero-order valence-corrected chi connectivity index (χ0v) is 13.2. The number of benzene rings is 1. The first kappa shape index (κ1) is 14.0.